The van der Waals surface area contributed by atoms with E-state index in [4.69, 9.17) is 17.3 Å². The summed E-state index contributed by atoms with van der Waals surface area (Å²) in [6.07, 6.45) is 0.448. The number of rotatable bonds is 3. The van der Waals surface area contributed by atoms with Crippen LogP contribution in [0.25, 0.3) is 0 Å². The van der Waals surface area contributed by atoms with Crippen LogP contribution in [0.2, 0.25) is 5.02 Å². The molecule has 1 saturated heterocycles. The van der Waals surface area contributed by atoms with Crippen molar-refractivity contribution in [1.82, 2.24) is 9.62 Å². The predicted octanol–water partition coefficient (Wildman–Crippen LogP) is 0.740. The Morgan fingerprint density at radius 1 is 1.45 bits per heavy atom. The van der Waals surface area contributed by atoms with E-state index in [9.17, 15) is 13.2 Å². The minimum Gasteiger partial charge on any atom is -0.398 e. The molecule has 1 unspecified atom stereocenters. The van der Waals surface area contributed by atoms with Gasteiger partial charge in [0.1, 0.15) is 6.04 Å². The van der Waals surface area contributed by atoms with Crippen LogP contribution < -0.4 is 10.5 Å². The topological polar surface area (TPSA) is 92.5 Å². The van der Waals surface area contributed by atoms with E-state index in [0.717, 1.165) is 0 Å². The lowest BCUT2D eigenvalue weighted by Crippen LogP contribution is -2.40. The molecule has 20 heavy (non-hydrogen) atoms. The van der Waals surface area contributed by atoms with E-state index in [1.165, 1.54) is 17.0 Å². The summed E-state index contributed by atoms with van der Waals surface area (Å²) in [4.78, 5) is 13.3. The fourth-order valence-electron chi connectivity index (χ4n) is 2.14. The highest BCUT2D eigenvalue weighted by Crippen LogP contribution is 2.26. The molecule has 0 aromatic heterocycles. The van der Waals surface area contributed by atoms with E-state index in [1.807, 2.05) is 0 Å². The van der Waals surface area contributed by atoms with Crippen LogP contribution in [0.5, 0.6) is 0 Å². The molecule has 0 aliphatic carbocycles. The largest absolute Gasteiger partial charge is 0.398 e. The van der Waals surface area contributed by atoms with Gasteiger partial charge in [0.25, 0.3) is 0 Å². The molecular formula is C12H16ClN3O3S. The Kier molecular flexibility index (Phi) is 3.95. The van der Waals surface area contributed by atoms with Gasteiger partial charge in [0.05, 0.1) is 4.90 Å². The van der Waals surface area contributed by atoms with E-state index < -0.39 is 16.1 Å². The maximum atomic E-state index is 12.4. The highest BCUT2D eigenvalue weighted by atomic mass is 35.5. The van der Waals surface area contributed by atoms with E-state index in [0.29, 0.717) is 24.2 Å². The molecule has 0 spiro atoms. The van der Waals surface area contributed by atoms with Gasteiger partial charge in [-0.05, 0) is 31.0 Å². The normalized spacial score (nSPS) is 19.6. The molecule has 1 atom stereocenters. The second kappa shape index (κ2) is 5.23. The third-order valence-corrected chi connectivity index (χ3v) is 5.20. The minimum atomic E-state index is -3.84. The molecule has 6 nitrogen and oxygen atoms in total. The van der Waals surface area contributed by atoms with E-state index in [-0.39, 0.29) is 15.8 Å². The lowest BCUT2D eigenvalue weighted by Gasteiger charge is -2.15. The van der Waals surface area contributed by atoms with Gasteiger partial charge in [-0.25, -0.2) is 8.42 Å². The summed E-state index contributed by atoms with van der Waals surface area (Å²) in [5, 5.41) is 0.239. The zero-order valence-corrected chi connectivity index (χ0v) is 12.8. The first-order valence-corrected chi connectivity index (χ1v) is 7.91. The van der Waals surface area contributed by atoms with Crippen molar-refractivity contribution in [1.29, 1.82) is 0 Å². The van der Waals surface area contributed by atoms with Crippen LogP contribution in [0.3, 0.4) is 0 Å². The molecule has 1 heterocycles. The number of carbonyl (C=O) groups is 1. The number of amides is 1. The molecule has 8 heteroatoms. The van der Waals surface area contributed by atoms with Crippen LogP contribution in [-0.2, 0) is 14.8 Å². The number of nitrogens with zero attached hydrogens (tertiary/aromatic N) is 1. The fourth-order valence-corrected chi connectivity index (χ4v) is 3.95. The Morgan fingerprint density at radius 2 is 2.10 bits per heavy atom. The number of carbonyl (C=O) groups excluding carboxylic acids is 1. The van der Waals surface area contributed by atoms with Crippen molar-refractivity contribution in [2.45, 2.75) is 24.3 Å². The number of benzene rings is 1. The maximum absolute atomic E-state index is 12.4. The number of hydrogen-bond acceptors (Lipinski definition) is 4. The highest BCUT2D eigenvalue weighted by Gasteiger charge is 2.33. The lowest BCUT2D eigenvalue weighted by molar-refractivity contribution is -0.127. The third kappa shape index (κ3) is 2.74. The van der Waals surface area contributed by atoms with Crippen molar-refractivity contribution < 1.29 is 13.2 Å². The molecule has 1 fully saturated rings. The monoisotopic (exact) mass is 317 g/mol. The molecule has 1 aromatic carbocycles. The summed E-state index contributed by atoms with van der Waals surface area (Å²) in [5.41, 5.74) is 6.44. The highest BCUT2D eigenvalue weighted by molar-refractivity contribution is 7.89. The summed E-state index contributed by atoms with van der Waals surface area (Å²) >= 11 is 5.85. The van der Waals surface area contributed by atoms with Gasteiger partial charge in [0, 0.05) is 24.3 Å². The number of nitrogens with one attached hydrogen (secondary N) is 1. The molecule has 0 radical (unpaired) electrons. The second-order valence-electron chi connectivity index (χ2n) is 4.84. The molecule has 0 saturated carbocycles. The van der Waals surface area contributed by atoms with Crippen LogP contribution in [-0.4, -0.2) is 38.9 Å². The maximum Gasteiger partial charge on any atom is 0.241 e. The smallest absolute Gasteiger partial charge is 0.241 e. The Bertz CT molecular complexity index is 660. The van der Waals surface area contributed by atoms with Crippen molar-refractivity contribution in [3.05, 3.63) is 22.7 Å². The van der Waals surface area contributed by atoms with Crippen LogP contribution in [0.15, 0.2) is 17.0 Å². The number of halogens is 1. The third-order valence-electron chi connectivity index (χ3n) is 3.38. The number of likely N-dealkylation sites (N-methyl/N-ethyl adjacent to an activating group) is 1. The average molecular weight is 318 g/mol. The fraction of sp³-hybridized carbons (Fsp3) is 0.417. The summed E-state index contributed by atoms with van der Waals surface area (Å²) in [6.45, 7) is 2.13. The Balaban J connectivity index is 2.34. The van der Waals surface area contributed by atoms with Crippen LogP contribution >= 0.6 is 11.6 Å². The van der Waals surface area contributed by atoms with Gasteiger partial charge < -0.3 is 10.6 Å². The van der Waals surface area contributed by atoms with Crippen molar-refractivity contribution in [2.24, 2.45) is 0 Å². The van der Waals surface area contributed by atoms with Crippen LogP contribution in [0.4, 0.5) is 5.69 Å². The minimum absolute atomic E-state index is 0.00449. The zero-order chi connectivity index (χ0) is 15.1. The number of nitrogen functional groups attached to an aromatic ring is 1. The zero-order valence-electron chi connectivity index (χ0n) is 11.2. The van der Waals surface area contributed by atoms with Gasteiger partial charge in [-0.1, -0.05) is 11.6 Å². The molecule has 1 aliphatic heterocycles. The average Bonchev–Trinajstić information content (AvgIpc) is 2.65. The lowest BCUT2D eigenvalue weighted by atomic mass is 10.2. The van der Waals surface area contributed by atoms with Gasteiger partial charge in [0.15, 0.2) is 0 Å². The number of sulfonamides is 1. The molecule has 2 rings (SSSR count). The second-order valence-corrected chi connectivity index (χ2v) is 6.96. The van der Waals surface area contributed by atoms with E-state index in [2.05, 4.69) is 4.72 Å². The predicted molar refractivity (Wildman–Crippen MR) is 77.0 cm³/mol. The SMILES string of the molecule is Cc1c(N)cc(Cl)cc1S(=O)(=O)NC1CCN(C)C1=O. The van der Waals surface area contributed by atoms with Gasteiger partial charge in [-0.2, -0.15) is 4.72 Å². The van der Waals surface area contributed by atoms with Crippen molar-refractivity contribution in [3.63, 3.8) is 0 Å². The first-order valence-electron chi connectivity index (χ1n) is 6.05. The Hall–Kier alpha value is -1.31. The Labute approximate surface area is 122 Å². The molecule has 1 aromatic rings. The van der Waals surface area contributed by atoms with Crippen LogP contribution in [0, 0.1) is 6.92 Å². The molecule has 1 amide bonds. The van der Waals surface area contributed by atoms with Gasteiger partial charge in [0.2, 0.25) is 15.9 Å². The summed E-state index contributed by atoms with van der Waals surface area (Å²) < 4.78 is 27.2. The van der Waals surface area contributed by atoms with Gasteiger partial charge in [-0.15, -0.1) is 0 Å². The molecular weight excluding hydrogens is 302 g/mol. The van der Waals surface area contributed by atoms with Crippen molar-refractivity contribution in [3.8, 4) is 0 Å². The summed E-state index contributed by atoms with van der Waals surface area (Å²) in [7, 11) is -2.20. The molecule has 110 valence electrons. The van der Waals surface area contributed by atoms with Gasteiger partial charge in [-0.3, -0.25) is 4.79 Å². The van der Waals surface area contributed by atoms with E-state index >= 15 is 0 Å². The quantitative estimate of drug-likeness (QED) is 0.804. The molecule has 0 bridgehead atoms. The first kappa shape index (κ1) is 15.1. The standard InChI is InChI=1S/C12H16ClN3O3S/c1-7-9(14)5-8(13)6-11(7)20(18,19)15-10-3-4-16(2)12(10)17/h5-6,10,15H,3-4,14H2,1-2H3. The van der Waals surface area contributed by atoms with Gasteiger partial charge >= 0.3 is 0 Å². The first-order chi connectivity index (χ1) is 9.22. The molecule has 1 aliphatic rings. The number of anilines is 1. The number of nitrogens with two attached hydrogens (primary N) is 1. The summed E-state index contributed by atoms with van der Waals surface area (Å²) in [6, 6.07) is 2.09. The van der Waals surface area contributed by atoms with Crippen molar-refractivity contribution >= 4 is 33.2 Å². The van der Waals surface area contributed by atoms with E-state index in [1.54, 1.807) is 14.0 Å². The summed E-state index contributed by atoms with van der Waals surface area (Å²) in [5.74, 6) is -0.235. The van der Waals surface area contributed by atoms with Crippen molar-refractivity contribution in [2.75, 3.05) is 19.3 Å². The number of hydrogen-bond donors (Lipinski definition) is 2. The Morgan fingerprint density at radius 3 is 2.65 bits per heavy atom. The molecule has 3 N–H and O–H groups in total. The number of likely N-dealkylation sites (tertiary alicyclic amines) is 1. The van der Waals surface area contributed by atoms with Crippen LogP contribution in [0.1, 0.15) is 12.0 Å².